The molecule has 0 unspecified atom stereocenters. The maximum absolute atomic E-state index is 11.5. The summed E-state index contributed by atoms with van der Waals surface area (Å²) in [5.74, 6) is 1.00. The number of nitrogens with zero attached hydrogens (tertiary/aromatic N) is 1. The molecule has 2 aromatic carbocycles. The number of H-pyrrole nitrogens is 1. The van der Waals surface area contributed by atoms with Gasteiger partial charge in [0.05, 0.1) is 25.2 Å². The third kappa shape index (κ3) is 2.63. The van der Waals surface area contributed by atoms with Crippen LogP contribution in [0.25, 0.3) is 22.0 Å². The molecule has 0 aliphatic rings. The van der Waals surface area contributed by atoms with Crippen LogP contribution in [0.5, 0.6) is 11.5 Å². The molecule has 0 saturated heterocycles. The molecule has 118 valence electrons. The third-order valence-electron chi connectivity index (χ3n) is 3.59. The number of hydrogen-bond acceptors (Lipinski definition) is 4. The first-order valence-corrected chi connectivity index (χ1v) is 7.52. The summed E-state index contributed by atoms with van der Waals surface area (Å²) in [5, 5.41) is 12.1. The summed E-state index contributed by atoms with van der Waals surface area (Å²) in [4.78, 5) is 13.9. The highest BCUT2D eigenvalue weighted by molar-refractivity contribution is 9.10. The van der Waals surface area contributed by atoms with Crippen LogP contribution in [0.4, 0.5) is 5.82 Å². The van der Waals surface area contributed by atoms with Crippen molar-refractivity contribution in [2.24, 2.45) is 0 Å². The lowest BCUT2D eigenvalue weighted by atomic mass is 10.0. The first-order chi connectivity index (χ1) is 11.0. The molecule has 0 fully saturated rings. The minimum Gasteiger partial charge on any atom is -0.496 e. The highest BCUT2D eigenvalue weighted by atomic mass is 79.9. The summed E-state index contributed by atoms with van der Waals surface area (Å²) in [6.07, 6.45) is 0. The van der Waals surface area contributed by atoms with Gasteiger partial charge in [-0.1, -0.05) is 28.1 Å². The van der Waals surface area contributed by atoms with Gasteiger partial charge < -0.3 is 19.6 Å². The van der Waals surface area contributed by atoms with E-state index < -0.39 is 4.92 Å². The maximum atomic E-state index is 11.5. The summed E-state index contributed by atoms with van der Waals surface area (Å²) < 4.78 is 11.5. The lowest BCUT2D eigenvalue weighted by Crippen LogP contribution is -1.91. The molecule has 0 aliphatic carbocycles. The fraction of sp³-hybridized carbons (Fsp3) is 0.125. The average Bonchev–Trinajstić information content (AvgIpc) is 2.94. The number of nitro groups is 1. The predicted molar refractivity (Wildman–Crippen MR) is 91.2 cm³/mol. The normalized spacial score (nSPS) is 10.7. The van der Waals surface area contributed by atoms with Gasteiger partial charge in [0.25, 0.3) is 0 Å². The number of hydrogen-bond donors (Lipinski definition) is 1. The van der Waals surface area contributed by atoms with Crippen LogP contribution >= 0.6 is 15.9 Å². The largest absolute Gasteiger partial charge is 0.496 e. The van der Waals surface area contributed by atoms with Crippen molar-refractivity contribution in [2.75, 3.05) is 14.2 Å². The van der Waals surface area contributed by atoms with Gasteiger partial charge in [0.1, 0.15) is 17.0 Å². The molecule has 0 aliphatic heterocycles. The molecular formula is C16H13BrN2O4. The molecule has 3 aromatic rings. The summed E-state index contributed by atoms with van der Waals surface area (Å²) >= 11 is 3.37. The molecule has 0 amide bonds. The number of aromatic amines is 1. The van der Waals surface area contributed by atoms with Crippen LogP contribution in [0.2, 0.25) is 0 Å². The number of rotatable bonds is 4. The van der Waals surface area contributed by atoms with Crippen LogP contribution in [0.15, 0.2) is 40.9 Å². The number of halogens is 1. The zero-order valence-electron chi connectivity index (χ0n) is 12.4. The summed E-state index contributed by atoms with van der Waals surface area (Å²) in [6, 6.07) is 10.8. The van der Waals surface area contributed by atoms with Crippen molar-refractivity contribution < 1.29 is 14.4 Å². The Kier molecular flexibility index (Phi) is 3.96. The molecule has 0 bridgehead atoms. The molecule has 6 nitrogen and oxygen atoms in total. The lowest BCUT2D eigenvalue weighted by Gasteiger charge is -2.07. The Bertz CT molecular complexity index is 887. The Balaban J connectivity index is 2.39. The van der Waals surface area contributed by atoms with Gasteiger partial charge in [-0.15, -0.1) is 0 Å². The number of methoxy groups -OCH3 is 2. The van der Waals surface area contributed by atoms with Gasteiger partial charge in [-0.3, -0.25) is 0 Å². The maximum Gasteiger partial charge on any atom is 0.329 e. The molecule has 3 rings (SSSR count). The van der Waals surface area contributed by atoms with Crippen LogP contribution in [-0.2, 0) is 0 Å². The van der Waals surface area contributed by atoms with E-state index in [0.29, 0.717) is 28.0 Å². The minimum absolute atomic E-state index is 0.0751. The summed E-state index contributed by atoms with van der Waals surface area (Å²) in [6.45, 7) is 0. The van der Waals surface area contributed by atoms with Crippen molar-refractivity contribution in [2.45, 2.75) is 0 Å². The molecule has 0 saturated carbocycles. The van der Waals surface area contributed by atoms with Crippen LogP contribution in [0.1, 0.15) is 0 Å². The minimum atomic E-state index is -0.427. The van der Waals surface area contributed by atoms with Crippen LogP contribution in [-0.4, -0.2) is 24.1 Å². The molecule has 23 heavy (non-hydrogen) atoms. The van der Waals surface area contributed by atoms with Gasteiger partial charge in [-0.2, -0.15) is 0 Å². The zero-order chi connectivity index (χ0) is 16.6. The van der Waals surface area contributed by atoms with Crippen molar-refractivity contribution in [3.8, 4) is 22.6 Å². The molecule has 7 heteroatoms. The molecule has 0 atom stereocenters. The van der Waals surface area contributed by atoms with E-state index in [2.05, 4.69) is 20.9 Å². The Morgan fingerprint density at radius 2 is 1.83 bits per heavy atom. The lowest BCUT2D eigenvalue weighted by molar-refractivity contribution is -0.388. The van der Waals surface area contributed by atoms with E-state index in [4.69, 9.17) is 9.47 Å². The van der Waals surface area contributed by atoms with Crippen molar-refractivity contribution in [3.63, 3.8) is 0 Å². The highest BCUT2D eigenvalue weighted by Crippen LogP contribution is 2.43. The number of aromatic nitrogens is 1. The molecule has 0 spiro atoms. The van der Waals surface area contributed by atoms with Gasteiger partial charge in [0.15, 0.2) is 0 Å². The van der Waals surface area contributed by atoms with E-state index in [1.807, 2.05) is 24.3 Å². The monoisotopic (exact) mass is 376 g/mol. The Morgan fingerprint density at radius 1 is 1.13 bits per heavy atom. The number of nitrogens with one attached hydrogen (secondary N) is 1. The second-order valence-electron chi connectivity index (χ2n) is 4.86. The number of fused-ring (bicyclic) bond motifs is 1. The second-order valence-corrected chi connectivity index (χ2v) is 5.78. The van der Waals surface area contributed by atoms with Gasteiger partial charge >= 0.3 is 5.82 Å². The van der Waals surface area contributed by atoms with Gasteiger partial charge in [-0.25, -0.2) is 4.98 Å². The molecule has 1 heterocycles. The van der Waals surface area contributed by atoms with Gasteiger partial charge in [0, 0.05) is 16.6 Å². The third-order valence-corrected chi connectivity index (χ3v) is 4.12. The van der Waals surface area contributed by atoms with E-state index in [1.165, 1.54) is 14.2 Å². The Morgan fingerprint density at radius 3 is 2.39 bits per heavy atom. The number of ether oxygens (including phenoxy) is 2. The predicted octanol–water partition coefficient (Wildman–Crippen LogP) is 4.52. The average molecular weight is 377 g/mol. The van der Waals surface area contributed by atoms with Crippen molar-refractivity contribution in [1.29, 1.82) is 0 Å². The van der Waals surface area contributed by atoms with Gasteiger partial charge in [-0.05, 0) is 22.6 Å². The summed E-state index contributed by atoms with van der Waals surface area (Å²) in [5.41, 5.74) is 1.82. The van der Waals surface area contributed by atoms with Crippen LogP contribution in [0.3, 0.4) is 0 Å². The van der Waals surface area contributed by atoms with Crippen molar-refractivity contribution >= 4 is 32.7 Å². The standard InChI is InChI=1S/C16H13BrN2O4/c1-22-11-7-12-15(13(8-11)23-2)14(16(18-12)19(20)21)9-3-5-10(17)6-4-9/h3-8,18H,1-2H3. The SMILES string of the molecule is COc1cc(OC)c2c(-c3ccc(Br)cc3)c([N+](=O)[O-])[nH]c2c1. The zero-order valence-corrected chi connectivity index (χ0v) is 14.0. The first-order valence-electron chi connectivity index (χ1n) is 6.73. The smallest absolute Gasteiger partial charge is 0.329 e. The van der Waals surface area contributed by atoms with Crippen molar-refractivity contribution in [1.82, 2.24) is 4.98 Å². The van der Waals surface area contributed by atoms with E-state index in [1.54, 1.807) is 12.1 Å². The van der Waals surface area contributed by atoms with Crippen LogP contribution < -0.4 is 9.47 Å². The summed E-state index contributed by atoms with van der Waals surface area (Å²) in [7, 11) is 3.06. The van der Waals surface area contributed by atoms with Crippen LogP contribution in [0, 0.1) is 10.1 Å². The molecule has 1 aromatic heterocycles. The molecular weight excluding hydrogens is 364 g/mol. The second kappa shape index (κ2) is 5.92. The molecule has 1 N–H and O–H groups in total. The quantitative estimate of drug-likeness (QED) is 0.536. The fourth-order valence-electron chi connectivity index (χ4n) is 2.57. The van der Waals surface area contributed by atoms with E-state index >= 15 is 0 Å². The van der Waals surface area contributed by atoms with E-state index in [9.17, 15) is 10.1 Å². The Hall–Kier alpha value is -2.54. The van der Waals surface area contributed by atoms with Gasteiger partial charge in [0.2, 0.25) is 0 Å². The van der Waals surface area contributed by atoms with E-state index in [-0.39, 0.29) is 5.82 Å². The number of benzene rings is 2. The van der Waals surface area contributed by atoms with Crippen molar-refractivity contribution in [3.05, 3.63) is 51.0 Å². The highest BCUT2D eigenvalue weighted by Gasteiger charge is 2.25. The topological polar surface area (TPSA) is 77.4 Å². The molecule has 0 radical (unpaired) electrons. The first kappa shape index (κ1) is 15.4. The van der Waals surface area contributed by atoms with E-state index in [0.717, 1.165) is 10.0 Å². The fourth-order valence-corrected chi connectivity index (χ4v) is 2.83. The Labute approximate surface area is 140 Å².